The monoisotopic (exact) mass is 448 g/mol. The summed E-state index contributed by atoms with van der Waals surface area (Å²) in [7, 11) is 0. The maximum Gasteiger partial charge on any atom is 0.408 e. The highest BCUT2D eigenvalue weighted by Gasteiger charge is 2.41. The quantitative estimate of drug-likeness (QED) is 0.533. The number of amides is 2. The van der Waals surface area contributed by atoms with Crippen LogP contribution >= 0.6 is 0 Å². The second-order valence-corrected chi connectivity index (χ2v) is 8.44. The zero-order valence-corrected chi connectivity index (χ0v) is 18.3. The molecule has 0 radical (unpaired) electrons. The predicted octanol–water partition coefficient (Wildman–Crippen LogP) is 3.11. The van der Waals surface area contributed by atoms with Crippen LogP contribution in [-0.4, -0.2) is 39.4 Å². The standard InChI is InChI=1S/C23H24N6O4/c1-14-6-7-15(20-27-19(33-28-20)13-25-22(31)32-23(2)8-9-23)11-16(14)26-21(30)17-12-24-18-5-3-4-10-29(17)18/h3-7,10-12,20,28H,8-9,13H2,1-2H3,(H,25,31)(H,26,30). The molecule has 2 aliphatic rings. The molecule has 3 N–H and O–H groups in total. The molecule has 1 fully saturated rings. The fourth-order valence-electron chi connectivity index (χ4n) is 3.46. The summed E-state index contributed by atoms with van der Waals surface area (Å²) in [6.07, 6.45) is 4.15. The number of benzene rings is 1. The molecule has 2 amide bonds. The normalized spacial score (nSPS) is 18.4. The van der Waals surface area contributed by atoms with Gasteiger partial charge in [0, 0.05) is 11.9 Å². The minimum absolute atomic E-state index is 0.113. The fraction of sp³-hybridized carbons (Fsp3) is 0.304. The van der Waals surface area contributed by atoms with E-state index in [0.29, 0.717) is 22.9 Å². The zero-order valence-electron chi connectivity index (χ0n) is 18.3. The summed E-state index contributed by atoms with van der Waals surface area (Å²) >= 11 is 0. The van der Waals surface area contributed by atoms with Gasteiger partial charge in [0.1, 0.15) is 16.9 Å². The van der Waals surface area contributed by atoms with Crippen LogP contribution in [0.5, 0.6) is 0 Å². The number of carbonyl (C=O) groups is 2. The molecule has 3 heterocycles. The van der Waals surface area contributed by atoms with Gasteiger partial charge in [0.2, 0.25) is 5.90 Å². The molecule has 1 aliphatic heterocycles. The molecule has 2 aromatic heterocycles. The maximum absolute atomic E-state index is 12.9. The summed E-state index contributed by atoms with van der Waals surface area (Å²) in [4.78, 5) is 38.9. The summed E-state index contributed by atoms with van der Waals surface area (Å²) in [5, 5.41) is 5.60. The van der Waals surface area contributed by atoms with Gasteiger partial charge in [0.05, 0.1) is 12.7 Å². The third-order valence-corrected chi connectivity index (χ3v) is 5.71. The molecule has 5 rings (SSSR count). The van der Waals surface area contributed by atoms with Crippen molar-refractivity contribution in [1.82, 2.24) is 20.2 Å². The van der Waals surface area contributed by atoms with E-state index in [2.05, 4.69) is 26.1 Å². The van der Waals surface area contributed by atoms with Crippen molar-refractivity contribution >= 4 is 29.2 Å². The van der Waals surface area contributed by atoms with E-state index in [4.69, 9.17) is 9.57 Å². The van der Waals surface area contributed by atoms with E-state index in [1.165, 1.54) is 0 Å². The minimum atomic E-state index is -0.488. The van der Waals surface area contributed by atoms with Gasteiger partial charge in [-0.15, -0.1) is 5.48 Å². The Balaban J connectivity index is 1.25. The number of nitrogens with zero attached hydrogens (tertiary/aromatic N) is 3. The van der Waals surface area contributed by atoms with Crippen LogP contribution in [0.15, 0.2) is 53.8 Å². The molecule has 33 heavy (non-hydrogen) atoms. The van der Waals surface area contributed by atoms with Crippen molar-refractivity contribution in [2.75, 3.05) is 11.9 Å². The van der Waals surface area contributed by atoms with E-state index in [0.717, 1.165) is 24.0 Å². The number of aryl methyl sites for hydroxylation is 1. The average molecular weight is 448 g/mol. The van der Waals surface area contributed by atoms with Gasteiger partial charge >= 0.3 is 6.09 Å². The van der Waals surface area contributed by atoms with Crippen LogP contribution in [0, 0.1) is 6.92 Å². The number of nitrogens with one attached hydrogen (secondary N) is 3. The number of carbonyl (C=O) groups excluding carboxylic acids is 2. The summed E-state index contributed by atoms with van der Waals surface area (Å²) in [6, 6.07) is 11.2. The van der Waals surface area contributed by atoms with E-state index < -0.39 is 12.3 Å². The number of hydrogen-bond acceptors (Lipinski definition) is 7. The molecule has 170 valence electrons. The van der Waals surface area contributed by atoms with E-state index in [1.54, 1.807) is 16.8 Å². The van der Waals surface area contributed by atoms with Crippen LogP contribution in [0.4, 0.5) is 10.5 Å². The van der Waals surface area contributed by atoms with Crippen molar-refractivity contribution in [3.63, 3.8) is 0 Å². The van der Waals surface area contributed by atoms with E-state index in [-0.39, 0.29) is 18.1 Å². The van der Waals surface area contributed by atoms with Gasteiger partial charge in [-0.3, -0.25) is 9.20 Å². The van der Waals surface area contributed by atoms with Crippen molar-refractivity contribution in [2.24, 2.45) is 4.99 Å². The number of aliphatic imine (C=N–C) groups is 1. The Labute approximate surface area is 190 Å². The highest BCUT2D eigenvalue weighted by Crippen LogP contribution is 2.38. The molecule has 1 atom stereocenters. The van der Waals surface area contributed by atoms with Crippen molar-refractivity contribution < 1.29 is 19.2 Å². The molecule has 3 aromatic rings. The van der Waals surface area contributed by atoms with Crippen molar-refractivity contribution in [1.29, 1.82) is 0 Å². The lowest BCUT2D eigenvalue weighted by Crippen LogP contribution is -2.33. The zero-order chi connectivity index (χ0) is 23.0. The number of imidazole rings is 1. The Morgan fingerprint density at radius 1 is 1.30 bits per heavy atom. The number of hydroxylamine groups is 1. The van der Waals surface area contributed by atoms with Gasteiger partial charge in [-0.2, -0.15) is 0 Å². The van der Waals surface area contributed by atoms with Gasteiger partial charge in [0.15, 0.2) is 6.17 Å². The van der Waals surface area contributed by atoms with Gasteiger partial charge < -0.3 is 20.2 Å². The maximum atomic E-state index is 12.9. The molecule has 1 saturated carbocycles. The van der Waals surface area contributed by atoms with E-state index >= 15 is 0 Å². The lowest BCUT2D eigenvalue weighted by molar-refractivity contribution is 0.0935. The molecule has 0 saturated heterocycles. The lowest BCUT2D eigenvalue weighted by atomic mass is 10.1. The first-order valence-corrected chi connectivity index (χ1v) is 10.7. The van der Waals surface area contributed by atoms with Crippen LogP contribution in [0.3, 0.4) is 0 Å². The number of aromatic nitrogens is 2. The average Bonchev–Trinajstić information content (AvgIpc) is 3.19. The van der Waals surface area contributed by atoms with E-state index in [1.807, 2.05) is 50.2 Å². The van der Waals surface area contributed by atoms with Crippen LogP contribution in [0.25, 0.3) is 5.65 Å². The second kappa shape index (κ2) is 8.21. The Morgan fingerprint density at radius 3 is 2.97 bits per heavy atom. The number of hydrogen-bond donors (Lipinski definition) is 3. The van der Waals surface area contributed by atoms with Crippen LogP contribution in [-0.2, 0) is 9.57 Å². The number of fused-ring (bicyclic) bond motifs is 1. The first-order chi connectivity index (χ1) is 15.9. The Hall–Kier alpha value is -3.92. The number of pyridine rings is 1. The smallest absolute Gasteiger partial charge is 0.408 e. The largest absolute Gasteiger partial charge is 0.443 e. The third kappa shape index (κ3) is 4.51. The topological polar surface area (TPSA) is 118 Å². The Kier molecular flexibility index (Phi) is 5.21. The van der Waals surface area contributed by atoms with Crippen LogP contribution < -0.4 is 16.1 Å². The molecular weight excluding hydrogens is 424 g/mol. The molecule has 10 nitrogen and oxygen atoms in total. The predicted molar refractivity (Wildman–Crippen MR) is 121 cm³/mol. The summed E-state index contributed by atoms with van der Waals surface area (Å²) in [6.45, 7) is 3.93. The van der Waals surface area contributed by atoms with Crippen molar-refractivity contribution in [3.8, 4) is 0 Å². The van der Waals surface area contributed by atoms with Gasteiger partial charge in [0.25, 0.3) is 5.91 Å². The first kappa shape index (κ1) is 21.0. The summed E-state index contributed by atoms with van der Waals surface area (Å²) in [5.74, 6) is 0.0793. The molecule has 1 aromatic carbocycles. The Bertz CT molecular complexity index is 1260. The lowest BCUT2D eigenvalue weighted by Gasteiger charge is -2.12. The molecule has 0 spiro atoms. The molecule has 1 unspecified atom stereocenters. The van der Waals surface area contributed by atoms with E-state index in [9.17, 15) is 9.59 Å². The highest BCUT2D eigenvalue weighted by molar-refractivity contribution is 6.04. The van der Waals surface area contributed by atoms with Crippen LogP contribution in [0.1, 0.15) is 47.5 Å². The minimum Gasteiger partial charge on any atom is -0.443 e. The molecule has 10 heteroatoms. The third-order valence-electron chi connectivity index (χ3n) is 5.71. The van der Waals surface area contributed by atoms with Gasteiger partial charge in [-0.1, -0.05) is 18.2 Å². The summed E-state index contributed by atoms with van der Waals surface area (Å²) < 4.78 is 7.05. The SMILES string of the molecule is Cc1ccc(C2N=C(CNC(=O)OC3(C)CC3)ON2)cc1NC(=O)c1cnc2ccccn12. The van der Waals surface area contributed by atoms with Crippen molar-refractivity contribution in [3.05, 3.63) is 65.6 Å². The summed E-state index contributed by atoms with van der Waals surface area (Å²) in [5.41, 5.74) is 6.01. The van der Waals surface area contributed by atoms with Gasteiger partial charge in [-0.25, -0.2) is 14.8 Å². The number of rotatable bonds is 6. The highest BCUT2D eigenvalue weighted by atomic mass is 16.7. The number of anilines is 1. The second-order valence-electron chi connectivity index (χ2n) is 8.44. The van der Waals surface area contributed by atoms with Crippen molar-refractivity contribution in [2.45, 2.75) is 38.5 Å². The van der Waals surface area contributed by atoms with Gasteiger partial charge in [-0.05, 0) is 56.0 Å². The van der Waals surface area contributed by atoms with Crippen LogP contribution in [0.2, 0.25) is 0 Å². The molecule has 1 aliphatic carbocycles. The molecular formula is C23H24N6O4. The molecule has 0 bridgehead atoms. The Morgan fingerprint density at radius 2 is 2.15 bits per heavy atom. The number of alkyl carbamates (subject to hydrolysis) is 1. The number of ether oxygens (including phenoxy) is 1. The fourth-order valence-corrected chi connectivity index (χ4v) is 3.46. The first-order valence-electron chi connectivity index (χ1n) is 10.7.